The number of hydrogen-bond acceptors (Lipinski definition) is 8. The summed E-state index contributed by atoms with van der Waals surface area (Å²) in [5.74, 6) is -0.320. The fourth-order valence-electron chi connectivity index (χ4n) is 6.91. The van der Waals surface area contributed by atoms with Crippen LogP contribution in [0.3, 0.4) is 0 Å². The first kappa shape index (κ1) is 56.8. The van der Waals surface area contributed by atoms with E-state index in [1.165, 1.54) is 128 Å². The van der Waals surface area contributed by atoms with Crippen molar-refractivity contribution in [3.63, 3.8) is 0 Å². The third kappa shape index (κ3) is 39.7. The first-order chi connectivity index (χ1) is 28.4. The third-order valence-electron chi connectivity index (χ3n) is 10.5. The lowest BCUT2D eigenvalue weighted by atomic mass is 10.0. The smallest absolute Gasteiger partial charge is 0.407 e. The molecular weight excluding hydrogens is 763 g/mol. The van der Waals surface area contributed by atoms with Crippen LogP contribution in [-0.2, 0) is 23.8 Å². The summed E-state index contributed by atoms with van der Waals surface area (Å²) in [4.78, 5) is 51.5. The van der Waals surface area contributed by atoms with E-state index >= 15 is 0 Å². The highest BCUT2D eigenvalue weighted by Gasteiger charge is 2.26. The lowest BCUT2D eigenvalue weighted by molar-refractivity contribution is -0.158. The average Bonchev–Trinajstić information content (AvgIpc) is 3.18. The second kappa shape index (κ2) is 39.9. The molecule has 0 fully saturated rings. The highest BCUT2D eigenvalue weighted by Crippen LogP contribution is 2.24. The monoisotopic (exact) mass is 856 g/mol. The van der Waals surface area contributed by atoms with E-state index in [1.807, 2.05) is 0 Å². The van der Waals surface area contributed by atoms with Crippen LogP contribution in [0.15, 0.2) is 0 Å². The van der Waals surface area contributed by atoms with Gasteiger partial charge in [-0.25, -0.2) is 14.4 Å². The molecule has 0 radical (unpaired) electrons. The van der Waals surface area contributed by atoms with E-state index in [9.17, 15) is 19.2 Å². The van der Waals surface area contributed by atoms with Crippen LogP contribution in [0.2, 0.25) is 0 Å². The van der Waals surface area contributed by atoms with Gasteiger partial charge in [0.15, 0.2) is 0 Å². The lowest BCUT2D eigenvalue weighted by Gasteiger charge is -2.24. The average molecular weight is 856 g/mol. The Morgan fingerprint density at radius 2 is 0.966 bits per heavy atom. The van der Waals surface area contributed by atoms with Crippen LogP contribution < -0.4 is 16.0 Å². The number of nitrogens with one attached hydrogen (secondary N) is 3. The topological polar surface area (TPSA) is 132 Å². The molecule has 0 aliphatic rings. The zero-order valence-corrected chi connectivity index (χ0v) is 40.1. The predicted octanol–water partition coefficient (Wildman–Crippen LogP) is 13.1. The van der Waals surface area contributed by atoms with Gasteiger partial charge in [-0.1, -0.05) is 181 Å². The van der Waals surface area contributed by atoms with Crippen LogP contribution in [0, 0.1) is 0 Å². The second-order valence-electron chi connectivity index (χ2n) is 17.7. The number of thioether (sulfide) groups is 1. The van der Waals surface area contributed by atoms with Gasteiger partial charge in [0.05, 0.1) is 0 Å². The first-order valence-corrected chi connectivity index (χ1v) is 25.5. The number of amides is 3. The number of hydrogen-bond donors (Lipinski definition) is 3. The Hall–Kier alpha value is -2.17. The molecule has 0 saturated carbocycles. The Morgan fingerprint density at radius 3 is 1.41 bits per heavy atom. The van der Waals surface area contributed by atoms with Crippen molar-refractivity contribution in [3.05, 3.63) is 0 Å². The molecule has 0 rings (SSSR count). The van der Waals surface area contributed by atoms with E-state index in [4.69, 9.17) is 14.2 Å². The zero-order chi connectivity index (χ0) is 43.8. The van der Waals surface area contributed by atoms with Crippen molar-refractivity contribution in [3.8, 4) is 0 Å². The summed E-state index contributed by atoms with van der Waals surface area (Å²) in [6.45, 7) is 14.8. The minimum absolute atomic E-state index is 0.0679. The standard InChI is InChI=1S/C48H93N3O7S/c1-8-11-14-17-20-23-24-25-26-29-32-35-43(38-44(52)51-41(4)45(53)58-48(5,6)7)59-40-42(57-47(55)50-37-34-31-28-22-19-16-13-10-3)39-56-46(54)49-36-33-30-27-21-18-15-12-9-2/h41-43H,8-40H2,1-7H3,(H,49,54)(H,50,55)(H,51,52). The van der Waals surface area contributed by atoms with Crippen molar-refractivity contribution >= 4 is 35.8 Å². The molecule has 0 bridgehead atoms. The van der Waals surface area contributed by atoms with Gasteiger partial charge in [-0.3, -0.25) is 4.79 Å². The van der Waals surface area contributed by atoms with E-state index in [-0.39, 0.29) is 24.2 Å². The van der Waals surface area contributed by atoms with Gasteiger partial charge in [0, 0.05) is 30.5 Å². The van der Waals surface area contributed by atoms with Crippen molar-refractivity contribution in [1.29, 1.82) is 0 Å². The Kier molecular flexibility index (Phi) is 38.5. The van der Waals surface area contributed by atoms with E-state index in [0.717, 1.165) is 51.4 Å². The summed E-state index contributed by atoms with van der Waals surface area (Å²) in [5, 5.41) is 8.51. The molecule has 59 heavy (non-hydrogen) atoms. The SMILES string of the molecule is CCCCCCCCCCCCCC(CC(=O)NC(C)C(=O)OC(C)(C)C)SCC(COC(=O)NCCCCCCCCCC)OC(=O)NCCCCCCCCCC. The van der Waals surface area contributed by atoms with Crippen molar-refractivity contribution in [2.45, 2.75) is 258 Å². The largest absolute Gasteiger partial charge is 0.458 e. The molecule has 0 saturated heterocycles. The van der Waals surface area contributed by atoms with E-state index < -0.39 is 35.9 Å². The fourth-order valence-corrected chi connectivity index (χ4v) is 8.16. The summed E-state index contributed by atoms with van der Waals surface area (Å²) in [6, 6.07) is -0.770. The summed E-state index contributed by atoms with van der Waals surface area (Å²) in [5.41, 5.74) is -0.648. The van der Waals surface area contributed by atoms with Gasteiger partial charge < -0.3 is 30.2 Å². The van der Waals surface area contributed by atoms with E-state index in [0.29, 0.717) is 18.8 Å². The maximum absolute atomic E-state index is 13.3. The maximum atomic E-state index is 13.3. The summed E-state index contributed by atoms with van der Waals surface area (Å²) < 4.78 is 16.9. The first-order valence-electron chi connectivity index (χ1n) is 24.4. The molecular formula is C48H93N3O7S. The number of unbranched alkanes of at least 4 members (excludes halogenated alkanes) is 24. The molecule has 0 aromatic heterocycles. The number of rotatable bonds is 40. The third-order valence-corrected chi connectivity index (χ3v) is 11.9. The van der Waals surface area contributed by atoms with Gasteiger partial charge in [0.1, 0.15) is 24.4 Å². The second-order valence-corrected chi connectivity index (χ2v) is 19.1. The molecule has 0 aromatic rings. The molecule has 348 valence electrons. The van der Waals surface area contributed by atoms with Gasteiger partial charge in [0.25, 0.3) is 0 Å². The normalized spacial score (nSPS) is 13.0. The number of carbonyl (C=O) groups is 4. The zero-order valence-electron chi connectivity index (χ0n) is 39.3. The minimum atomic E-state index is -0.770. The molecule has 3 atom stereocenters. The number of carbonyl (C=O) groups excluding carboxylic acids is 4. The highest BCUT2D eigenvalue weighted by atomic mass is 32.2. The van der Waals surface area contributed by atoms with Gasteiger partial charge in [-0.05, 0) is 47.0 Å². The molecule has 10 nitrogen and oxygen atoms in total. The molecule has 0 aliphatic heterocycles. The fraction of sp³-hybridized carbons (Fsp3) is 0.917. The van der Waals surface area contributed by atoms with Gasteiger partial charge in [-0.15, -0.1) is 0 Å². The minimum Gasteiger partial charge on any atom is -0.458 e. The van der Waals surface area contributed by atoms with Gasteiger partial charge >= 0.3 is 18.2 Å². The Bertz CT molecular complexity index is 1030. The molecule has 0 aromatic carbocycles. The molecule has 3 N–H and O–H groups in total. The molecule has 0 aliphatic carbocycles. The number of esters is 1. The molecule has 3 amide bonds. The van der Waals surface area contributed by atoms with E-state index in [1.54, 1.807) is 39.5 Å². The number of ether oxygens (including phenoxy) is 3. The van der Waals surface area contributed by atoms with E-state index in [2.05, 4.69) is 36.7 Å². The van der Waals surface area contributed by atoms with Crippen LogP contribution >= 0.6 is 11.8 Å². The van der Waals surface area contributed by atoms with Crippen LogP contribution in [0.5, 0.6) is 0 Å². The van der Waals surface area contributed by atoms with Crippen molar-refractivity contribution in [1.82, 2.24) is 16.0 Å². The maximum Gasteiger partial charge on any atom is 0.407 e. The Balaban J connectivity index is 5.30. The molecule has 0 spiro atoms. The molecule has 3 unspecified atom stereocenters. The summed E-state index contributed by atoms with van der Waals surface area (Å²) in [7, 11) is 0. The van der Waals surface area contributed by atoms with Crippen LogP contribution in [0.4, 0.5) is 9.59 Å². The highest BCUT2D eigenvalue weighted by molar-refractivity contribution is 7.99. The number of alkyl carbamates (subject to hydrolysis) is 2. The Labute approximate surface area is 367 Å². The Morgan fingerprint density at radius 1 is 0.559 bits per heavy atom. The van der Waals surface area contributed by atoms with Crippen molar-refractivity contribution in [2.75, 3.05) is 25.4 Å². The van der Waals surface area contributed by atoms with Crippen LogP contribution in [-0.4, -0.2) is 72.5 Å². The summed E-state index contributed by atoms with van der Waals surface area (Å²) >= 11 is 1.56. The predicted molar refractivity (Wildman–Crippen MR) is 248 cm³/mol. The van der Waals surface area contributed by atoms with Crippen molar-refractivity contribution in [2.24, 2.45) is 0 Å². The van der Waals surface area contributed by atoms with Crippen molar-refractivity contribution < 1.29 is 33.4 Å². The molecule has 0 heterocycles. The van der Waals surface area contributed by atoms with Gasteiger partial charge in [-0.2, -0.15) is 11.8 Å². The lowest BCUT2D eigenvalue weighted by Crippen LogP contribution is -2.43. The van der Waals surface area contributed by atoms with Crippen LogP contribution in [0.25, 0.3) is 0 Å². The quantitative estimate of drug-likeness (QED) is 0.0315. The van der Waals surface area contributed by atoms with Gasteiger partial charge in [0.2, 0.25) is 5.91 Å². The van der Waals surface area contributed by atoms with Crippen LogP contribution in [0.1, 0.15) is 235 Å². The summed E-state index contributed by atoms with van der Waals surface area (Å²) in [6.07, 6.45) is 31.8. The molecule has 11 heteroatoms.